The van der Waals surface area contributed by atoms with E-state index in [0.717, 1.165) is 4.47 Å². The number of amides is 2. The van der Waals surface area contributed by atoms with Gasteiger partial charge >= 0.3 is 12.1 Å². The van der Waals surface area contributed by atoms with E-state index in [2.05, 4.69) is 25.4 Å². The van der Waals surface area contributed by atoms with E-state index >= 15 is 0 Å². The van der Waals surface area contributed by atoms with Gasteiger partial charge < -0.3 is 14.2 Å². The number of hydrogen-bond acceptors (Lipinski definition) is 6. The van der Waals surface area contributed by atoms with Crippen LogP contribution in [0.3, 0.4) is 0 Å². The van der Waals surface area contributed by atoms with Gasteiger partial charge in [-0.05, 0) is 25.1 Å². The summed E-state index contributed by atoms with van der Waals surface area (Å²) >= 11 is 9.14. The third kappa shape index (κ3) is 6.77. The van der Waals surface area contributed by atoms with Crippen LogP contribution in [0.15, 0.2) is 22.7 Å². The lowest BCUT2D eigenvalue weighted by Crippen LogP contribution is -2.35. The molecule has 1 aromatic rings. The number of alkyl carbamates (subject to hydrolysis) is 1. The van der Waals surface area contributed by atoms with Gasteiger partial charge in [0, 0.05) is 4.47 Å². The Hall–Kier alpha value is -1.80. The Labute approximate surface area is 140 Å². The second-order valence-electron chi connectivity index (χ2n) is 3.79. The quantitative estimate of drug-likeness (QED) is 0.745. The largest absolute Gasteiger partial charge is 0.480 e. The highest BCUT2D eigenvalue weighted by molar-refractivity contribution is 9.10. The van der Waals surface area contributed by atoms with Gasteiger partial charge in [0.05, 0.1) is 11.6 Å². The van der Waals surface area contributed by atoms with Gasteiger partial charge in [0.15, 0.2) is 13.2 Å². The molecule has 0 aliphatic carbocycles. The van der Waals surface area contributed by atoms with E-state index in [1.807, 2.05) is 5.32 Å². The summed E-state index contributed by atoms with van der Waals surface area (Å²) in [4.78, 5) is 33.6. The van der Waals surface area contributed by atoms with Crippen molar-refractivity contribution in [2.75, 3.05) is 19.8 Å². The summed E-state index contributed by atoms with van der Waals surface area (Å²) in [5.74, 6) is -1.27. The van der Waals surface area contributed by atoms with Crippen LogP contribution in [0.4, 0.5) is 4.79 Å². The van der Waals surface area contributed by atoms with Crippen LogP contribution in [0, 0.1) is 0 Å². The lowest BCUT2D eigenvalue weighted by molar-refractivity contribution is -0.150. The normalized spacial score (nSPS) is 9.77. The van der Waals surface area contributed by atoms with Gasteiger partial charge in [0.25, 0.3) is 5.91 Å². The van der Waals surface area contributed by atoms with Crippen molar-refractivity contribution in [2.24, 2.45) is 0 Å². The SMILES string of the molecule is CCOC(=O)NC(=O)COC(=O)COc1ccc(Br)cc1Cl. The van der Waals surface area contributed by atoms with E-state index in [1.54, 1.807) is 25.1 Å². The fourth-order valence-corrected chi connectivity index (χ4v) is 1.96. The van der Waals surface area contributed by atoms with Crippen molar-refractivity contribution in [1.29, 1.82) is 0 Å². The van der Waals surface area contributed by atoms with Crippen molar-refractivity contribution in [2.45, 2.75) is 6.92 Å². The smallest absolute Gasteiger partial charge is 0.413 e. The van der Waals surface area contributed by atoms with E-state index in [9.17, 15) is 14.4 Å². The van der Waals surface area contributed by atoms with Gasteiger partial charge in [-0.2, -0.15) is 0 Å². The van der Waals surface area contributed by atoms with Crippen LogP contribution < -0.4 is 10.1 Å². The summed E-state index contributed by atoms with van der Waals surface area (Å²) in [6.07, 6.45) is -0.901. The molecule has 1 rings (SSSR count). The minimum atomic E-state index is -0.901. The van der Waals surface area contributed by atoms with Gasteiger partial charge in [-0.15, -0.1) is 0 Å². The number of benzene rings is 1. The number of esters is 1. The molecule has 0 spiro atoms. The number of rotatable bonds is 6. The number of carbonyl (C=O) groups excluding carboxylic acids is 3. The molecule has 0 radical (unpaired) electrons. The fourth-order valence-electron chi connectivity index (χ4n) is 1.23. The van der Waals surface area contributed by atoms with Crippen LogP contribution in [-0.2, 0) is 19.1 Å². The summed E-state index contributed by atoms with van der Waals surface area (Å²) in [6, 6.07) is 4.88. The zero-order chi connectivity index (χ0) is 16.5. The predicted molar refractivity (Wildman–Crippen MR) is 80.8 cm³/mol. The third-order valence-electron chi connectivity index (χ3n) is 2.12. The lowest BCUT2D eigenvalue weighted by atomic mass is 10.3. The monoisotopic (exact) mass is 393 g/mol. The number of hydrogen-bond donors (Lipinski definition) is 1. The molecule has 0 atom stereocenters. The first-order valence-corrected chi connectivity index (χ1v) is 7.29. The number of carbonyl (C=O) groups is 3. The van der Waals surface area contributed by atoms with Gasteiger partial charge in [0.1, 0.15) is 5.75 Å². The number of ether oxygens (including phenoxy) is 3. The van der Waals surface area contributed by atoms with Crippen molar-refractivity contribution in [3.63, 3.8) is 0 Å². The van der Waals surface area contributed by atoms with Crippen LogP contribution in [0.5, 0.6) is 5.75 Å². The zero-order valence-corrected chi connectivity index (χ0v) is 13.9. The molecule has 1 aromatic carbocycles. The number of nitrogens with one attached hydrogen (secondary N) is 1. The van der Waals surface area contributed by atoms with Gasteiger partial charge in [-0.3, -0.25) is 10.1 Å². The first kappa shape index (κ1) is 18.2. The molecule has 0 unspecified atom stereocenters. The van der Waals surface area contributed by atoms with Gasteiger partial charge in [0.2, 0.25) is 0 Å². The zero-order valence-electron chi connectivity index (χ0n) is 11.6. The Balaban J connectivity index is 2.31. The van der Waals surface area contributed by atoms with Crippen molar-refractivity contribution < 1.29 is 28.6 Å². The summed E-state index contributed by atoms with van der Waals surface area (Å²) in [6.45, 7) is 0.679. The van der Waals surface area contributed by atoms with Crippen molar-refractivity contribution in [3.8, 4) is 5.75 Å². The Morgan fingerprint density at radius 2 is 1.95 bits per heavy atom. The second kappa shape index (κ2) is 9.26. The molecule has 1 N–H and O–H groups in total. The molecule has 0 bridgehead atoms. The standard InChI is InChI=1S/C13H13BrClNO6/c1-2-20-13(19)16-11(17)6-22-12(18)7-21-10-4-3-8(14)5-9(10)15/h3-5H,2,6-7H2,1H3,(H,16,17,19). The molecule has 0 aliphatic heterocycles. The molecule has 0 heterocycles. The molecular weight excluding hydrogens is 382 g/mol. The molecule has 120 valence electrons. The summed E-state index contributed by atoms with van der Waals surface area (Å²) < 4.78 is 15.0. The predicted octanol–water partition coefficient (Wildman–Crippen LogP) is 2.30. The Morgan fingerprint density at radius 3 is 2.59 bits per heavy atom. The first-order chi connectivity index (χ1) is 10.4. The lowest BCUT2D eigenvalue weighted by Gasteiger charge is -2.08. The summed E-state index contributed by atoms with van der Waals surface area (Å²) in [5.41, 5.74) is 0. The highest BCUT2D eigenvalue weighted by Gasteiger charge is 2.12. The van der Waals surface area contributed by atoms with E-state index < -0.39 is 31.2 Å². The van der Waals surface area contributed by atoms with Crippen molar-refractivity contribution in [3.05, 3.63) is 27.7 Å². The molecule has 0 aromatic heterocycles. The average molecular weight is 395 g/mol. The Morgan fingerprint density at radius 1 is 1.23 bits per heavy atom. The van der Waals surface area contributed by atoms with E-state index in [-0.39, 0.29) is 6.61 Å². The van der Waals surface area contributed by atoms with Crippen LogP contribution in [0.25, 0.3) is 0 Å². The average Bonchev–Trinajstić information content (AvgIpc) is 2.44. The van der Waals surface area contributed by atoms with Crippen LogP contribution >= 0.6 is 27.5 Å². The van der Waals surface area contributed by atoms with E-state index in [4.69, 9.17) is 16.3 Å². The third-order valence-corrected chi connectivity index (χ3v) is 2.91. The van der Waals surface area contributed by atoms with Gasteiger partial charge in [-0.1, -0.05) is 27.5 Å². The molecule has 9 heteroatoms. The summed E-state index contributed by atoms with van der Waals surface area (Å²) in [5, 5.41) is 2.20. The molecule has 0 saturated heterocycles. The Bertz CT molecular complexity index is 565. The first-order valence-electron chi connectivity index (χ1n) is 6.12. The highest BCUT2D eigenvalue weighted by Crippen LogP contribution is 2.27. The van der Waals surface area contributed by atoms with E-state index in [1.165, 1.54) is 0 Å². The number of halogens is 2. The highest BCUT2D eigenvalue weighted by atomic mass is 79.9. The van der Waals surface area contributed by atoms with Crippen LogP contribution in [0.2, 0.25) is 5.02 Å². The molecule has 0 fully saturated rings. The van der Waals surface area contributed by atoms with E-state index in [0.29, 0.717) is 10.8 Å². The number of imide groups is 1. The fraction of sp³-hybridized carbons (Fsp3) is 0.308. The van der Waals surface area contributed by atoms with Crippen molar-refractivity contribution >= 4 is 45.5 Å². The van der Waals surface area contributed by atoms with Crippen LogP contribution in [0.1, 0.15) is 6.92 Å². The Kier molecular flexibility index (Phi) is 7.69. The van der Waals surface area contributed by atoms with Gasteiger partial charge in [-0.25, -0.2) is 9.59 Å². The molecule has 22 heavy (non-hydrogen) atoms. The van der Waals surface area contributed by atoms with Crippen molar-refractivity contribution in [1.82, 2.24) is 5.32 Å². The molecule has 0 aliphatic rings. The molecular formula is C13H13BrClNO6. The molecule has 7 nitrogen and oxygen atoms in total. The maximum Gasteiger partial charge on any atom is 0.413 e. The topological polar surface area (TPSA) is 90.9 Å². The molecule has 2 amide bonds. The maximum atomic E-state index is 11.4. The van der Waals surface area contributed by atoms with Crippen LogP contribution in [-0.4, -0.2) is 37.8 Å². The summed E-state index contributed by atoms with van der Waals surface area (Å²) in [7, 11) is 0. The minimum absolute atomic E-state index is 0.126. The maximum absolute atomic E-state index is 11.4. The minimum Gasteiger partial charge on any atom is -0.480 e. The second-order valence-corrected chi connectivity index (χ2v) is 5.12. The molecule has 0 saturated carbocycles.